The van der Waals surface area contributed by atoms with Gasteiger partial charge in [-0.05, 0) is 36.2 Å². The Morgan fingerprint density at radius 3 is 2.44 bits per heavy atom. The Hall–Kier alpha value is -3.55. The number of likely N-dealkylation sites (tertiary alicyclic amines) is 1. The lowest BCUT2D eigenvalue weighted by atomic mass is 10.1. The maximum atomic E-state index is 12.6. The van der Waals surface area contributed by atoms with Gasteiger partial charge in [0, 0.05) is 31.1 Å². The highest BCUT2D eigenvalue weighted by atomic mass is 16.5. The molecule has 8 heteroatoms. The maximum absolute atomic E-state index is 12.6. The van der Waals surface area contributed by atoms with Crippen molar-refractivity contribution in [3.63, 3.8) is 0 Å². The van der Waals surface area contributed by atoms with Gasteiger partial charge in [-0.1, -0.05) is 24.2 Å². The molecule has 1 amide bonds. The van der Waals surface area contributed by atoms with Gasteiger partial charge in [-0.15, -0.1) is 0 Å². The van der Waals surface area contributed by atoms with Crippen LogP contribution in [0.25, 0.3) is 11.4 Å². The summed E-state index contributed by atoms with van der Waals surface area (Å²) in [5.74, 6) is 2.95. The molecule has 168 valence electrons. The second-order valence-electron chi connectivity index (χ2n) is 7.73. The second-order valence-corrected chi connectivity index (χ2v) is 7.73. The van der Waals surface area contributed by atoms with Gasteiger partial charge < -0.3 is 23.6 Å². The topological polar surface area (TPSA) is 86.9 Å². The monoisotopic (exact) mass is 437 g/mol. The van der Waals surface area contributed by atoms with Crippen molar-refractivity contribution >= 4 is 5.91 Å². The van der Waals surface area contributed by atoms with Crippen molar-refractivity contribution in [2.45, 2.75) is 32.2 Å². The molecule has 4 rings (SSSR count). The molecule has 32 heavy (non-hydrogen) atoms. The molecule has 0 bridgehead atoms. The number of nitrogens with zero attached hydrogens (tertiary/aromatic N) is 3. The van der Waals surface area contributed by atoms with Crippen LogP contribution in [0.2, 0.25) is 0 Å². The van der Waals surface area contributed by atoms with Crippen LogP contribution in [0.15, 0.2) is 47.0 Å². The Bertz CT molecular complexity index is 1040. The first-order valence-electron chi connectivity index (χ1n) is 10.7. The molecule has 1 aliphatic rings. The lowest BCUT2D eigenvalue weighted by Gasteiger charge is -2.16. The highest BCUT2D eigenvalue weighted by molar-refractivity contribution is 5.79. The number of rotatable bonds is 9. The predicted octanol–water partition coefficient (Wildman–Crippen LogP) is 4.06. The van der Waals surface area contributed by atoms with Crippen molar-refractivity contribution < 1.29 is 23.5 Å². The van der Waals surface area contributed by atoms with Crippen LogP contribution in [-0.2, 0) is 11.3 Å². The van der Waals surface area contributed by atoms with E-state index in [1.165, 1.54) is 0 Å². The molecule has 1 aliphatic heterocycles. The molecule has 0 N–H and O–H groups in total. The van der Waals surface area contributed by atoms with Crippen molar-refractivity contribution in [3.8, 4) is 28.6 Å². The van der Waals surface area contributed by atoms with E-state index in [0.29, 0.717) is 49.3 Å². The molecule has 1 aromatic heterocycles. The van der Waals surface area contributed by atoms with Gasteiger partial charge in [0.25, 0.3) is 0 Å². The fraction of sp³-hybridized carbons (Fsp3) is 0.375. The van der Waals surface area contributed by atoms with Crippen molar-refractivity contribution in [3.05, 3.63) is 53.9 Å². The minimum atomic E-state index is -0.136. The van der Waals surface area contributed by atoms with Crippen LogP contribution in [-0.4, -0.2) is 48.3 Å². The normalized spacial score (nSPS) is 15.8. The van der Waals surface area contributed by atoms with Crippen LogP contribution in [0.3, 0.4) is 0 Å². The first-order valence-corrected chi connectivity index (χ1v) is 10.7. The summed E-state index contributed by atoms with van der Waals surface area (Å²) in [5.41, 5.74) is 1.78. The Kier molecular flexibility index (Phi) is 6.58. The molecule has 1 unspecified atom stereocenters. The van der Waals surface area contributed by atoms with Crippen LogP contribution >= 0.6 is 0 Å². The van der Waals surface area contributed by atoms with E-state index in [1.54, 1.807) is 20.3 Å². The summed E-state index contributed by atoms with van der Waals surface area (Å²) in [6.45, 7) is 3.84. The number of carbonyl (C=O) groups excluding carboxylic acids is 1. The van der Waals surface area contributed by atoms with E-state index < -0.39 is 0 Å². The van der Waals surface area contributed by atoms with Gasteiger partial charge in [-0.25, -0.2) is 0 Å². The summed E-state index contributed by atoms with van der Waals surface area (Å²) in [7, 11) is 3.18. The zero-order valence-corrected chi connectivity index (χ0v) is 18.5. The lowest BCUT2D eigenvalue weighted by Crippen LogP contribution is -2.24. The van der Waals surface area contributed by atoms with Gasteiger partial charge in [0.2, 0.25) is 17.6 Å². The number of ether oxygens (including phenoxy) is 3. The van der Waals surface area contributed by atoms with Crippen molar-refractivity contribution in [1.29, 1.82) is 0 Å². The fourth-order valence-electron chi connectivity index (χ4n) is 3.68. The number of methoxy groups -OCH3 is 2. The quantitative estimate of drug-likeness (QED) is 0.499. The smallest absolute Gasteiger partial charge is 0.232 e. The van der Waals surface area contributed by atoms with E-state index in [2.05, 4.69) is 17.1 Å². The number of amides is 1. The third-order valence-electron chi connectivity index (χ3n) is 5.38. The van der Waals surface area contributed by atoms with Gasteiger partial charge in [-0.3, -0.25) is 4.79 Å². The molecule has 2 aromatic carbocycles. The number of hydrogen-bond donors (Lipinski definition) is 0. The first-order chi connectivity index (χ1) is 15.6. The Morgan fingerprint density at radius 1 is 1.06 bits per heavy atom. The molecule has 2 heterocycles. The van der Waals surface area contributed by atoms with Gasteiger partial charge in [-0.2, -0.15) is 4.98 Å². The third kappa shape index (κ3) is 4.85. The predicted molar refractivity (Wildman–Crippen MR) is 118 cm³/mol. The minimum absolute atomic E-state index is 0.0732. The number of carbonyl (C=O) groups is 1. The molecule has 0 saturated carbocycles. The fourth-order valence-corrected chi connectivity index (χ4v) is 3.68. The van der Waals surface area contributed by atoms with Gasteiger partial charge in [0.15, 0.2) is 0 Å². The summed E-state index contributed by atoms with van der Waals surface area (Å²) in [6.07, 6.45) is 1.31. The van der Waals surface area contributed by atoms with Gasteiger partial charge >= 0.3 is 0 Å². The standard InChI is InChI=1S/C24H27N3O5/c1-4-9-31-19-7-5-16(6-8-19)14-27-15-18(12-22(27)28)24-25-23(26-32-24)17-10-20(29-2)13-21(11-17)30-3/h5-8,10-11,13,18H,4,9,12,14-15H2,1-3H3. The number of aromatic nitrogens is 2. The molecule has 0 spiro atoms. The first kappa shape index (κ1) is 21.7. The minimum Gasteiger partial charge on any atom is -0.497 e. The van der Waals surface area contributed by atoms with E-state index in [-0.39, 0.29) is 11.8 Å². The number of hydrogen-bond acceptors (Lipinski definition) is 7. The average Bonchev–Trinajstić information content (AvgIpc) is 3.45. The van der Waals surface area contributed by atoms with Crippen molar-refractivity contribution in [2.24, 2.45) is 0 Å². The molecule has 8 nitrogen and oxygen atoms in total. The summed E-state index contributed by atoms with van der Waals surface area (Å²) in [4.78, 5) is 19.0. The highest BCUT2D eigenvalue weighted by Crippen LogP contribution is 2.32. The van der Waals surface area contributed by atoms with Crippen molar-refractivity contribution in [2.75, 3.05) is 27.4 Å². The SMILES string of the molecule is CCCOc1ccc(CN2CC(c3nc(-c4cc(OC)cc(OC)c4)no3)CC2=O)cc1. The molecular formula is C24H27N3O5. The molecule has 1 fully saturated rings. The molecule has 1 atom stereocenters. The Balaban J connectivity index is 1.43. The average molecular weight is 437 g/mol. The van der Waals surface area contributed by atoms with Crippen LogP contribution in [0.4, 0.5) is 0 Å². The zero-order chi connectivity index (χ0) is 22.5. The van der Waals surface area contributed by atoms with E-state index in [4.69, 9.17) is 18.7 Å². The highest BCUT2D eigenvalue weighted by Gasteiger charge is 2.34. The van der Waals surface area contributed by atoms with E-state index >= 15 is 0 Å². The largest absolute Gasteiger partial charge is 0.497 e. The molecule has 1 saturated heterocycles. The van der Waals surface area contributed by atoms with Crippen molar-refractivity contribution in [1.82, 2.24) is 15.0 Å². The molecule has 3 aromatic rings. The van der Waals surface area contributed by atoms with E-state index in [0.717, 1.165) is 23.3 Å². The Labute approximate surface area is 187 Å². The summed E-state index contributed by atoms with van der Waals surface area (Å²) in [6, 6.07) is 13.3. The van der Waals surface area contributed by atoms with Gasteiger partial charge in [0.1, 0.15) is 17.2 Å². The molecule has 0 aliphatic carbocycles. The molecular weight excluding hydrogens is 410 g/mol. The summed E-state index contributed by atoms with van der Waals surface area (Å²) in [5, 5.41) is 4.11. The lowest BCUT2D eigenvalue weighted by molar-refractivity contribution is -0.128. The second kappa shape index (κ2) is 9.72. The number of benzene rings is 2. The van der Waals surface area contributed by atoms with Crippen LogP contribution in [0.1, 0.15) is 37.1 Å². The summed E-state index contributed by atoms with van der Waals surface area (Å²) >= 11 is 0. The van der Waals surface area contributed by atoms with Crippen LogP contribution in [0, 0.1) is 0 Å². The zero-order valence-electron chi connectivity index (χ0n) is 18.5. The van der Waals surface area contributed by atoms with Crippen LogP contribution in [0.5, 0.6) is 17.2 Å². The van der Waals surface area contributed by atoms with E-state index in [1.807, 2.05) is 41.3 Å². The Morgan fingerprint density at radius 2 is 1.78 bits per heavy atom. The molecule has 0 radical (unpaired) electrons. The van der Waals surface area contributed by atoms with Crippen LogP contribution < -0.4 is 14.2 Å². The van der Waals surface area contributed by atoms with Gasteiger partial charge in [0.05, 0.1) is 26.7 Å². The van der Waals surface area contributed by atoms with E-state index in [9.17, 15) is 4.79 Å². The maximum Gasteiger partial charge on any atom is 0.232 e. The summed E-state index contributed by atoms with van der Waals surface area (Å²) < 4.78 is 21.8. The third-order valence-corrected chi connectivity index (χ3v) is 5.38.